The van der Waals surface area contributed by atoms with E-state index in [0.29, 0.717) is 19.3 Å². The van der Waals surface area contributed by atoms with Gasteiger partial charge in [-0.25, -0.2) is 0 Å². The van der Waals surface area contributed by atoms with Crippen molar-refractivity contribution in [3.63, 3.8) is 0 Å². The Balaban J connectivity index is 2.24. The van der Waals surface area contributed by atoms with Crippen molar-refractivity contribution in [3.8, 4) is 0 Å². The van der Waals surface area contributed by atoms with Crippen LogP contribution < -0.4 is 0 Å². The quantitative estimate of drug-likeness (QED) is 0.0548. The molecule has 0 unspecified atom stereocenters. The third-order valence-electron chi connectivity index (χ3n) is 8.47. The van der Waals surface area contributed by atoms with E-state index >= 15 is 0 Å². The van der Waals surface area contributed by atoms with Gasteiger partial charge in [0, 0.05) is 43.9 Å². The van der Waals surface area contributed by atoms with Crippen LogP contribution in [0, 0.1) is 17.8 Å². The minimum absolute atomic E-state index is 0.0446. The van der Waals surface area contributed by atoms with Gasteiger partial charge in [-0.1, -0.05) is 90.7 Å². The monoisotopic (exact) mass is 626 g/mol. The highest BCUT2D eigenvalue weighted by Crippen LogP contribution is 2.36. The summed E-state index contributed by atoms with van der Waals surface area (Å²) >= 11 is 0. The number of esters is 2. The molecule has 0 saturated heterocycles. The molecule has 0 aromatic carbocycles. The molecule has 9 nitrogen and oxygen atoms in total. The Morgan fingerprint density at radius 3 is 2.11 bits per heavy atom. The minimum Gasteiger partial charge on any atom is -0.462 e. The largest absolute Gasteiger partial charge is 0.462 e. The lowest BCUT2D eigenvalue weighted by Gasteiger charge is -2.20. The SMILES string of the molecule is CCCCC[C@H](O)/C=C/[C@@H]1[C@@H](CC(=O)CCCCC(=O)OC[C@H](CO)OC(=O)CCCCCCCCC(C)C)[C@@H](O)C[C@H]1O. The van der Waals surface area contributed by atoms with E-state index in [1.807, 2.05) is 0 Å². The maximum Gasteiger partial charge on any atom is 0.306 e. The highest BCUT2D eigenvalue weighted by Gasteiger charge is 2.41. The van der Waals surface area contributed by atoms with Gasteiger partial charge in [0.15, 0.2) is 6.10 Å². The van der Waals surface area contributed by atoms with Crippen LogP contribution in [-0.4, -0.2) is 75.8 Å². The van der Waals surface area contributed by atoms with Crippen molar-refractivity contribution in [3.05, 3.63) is 12.2 Å². The fraction of sp³-hybridized carbons (Fsp3) is 0.857. The molecule has 1 fully saturated rings. The molecule has 256 valence electrons. The second kappa shape index (κ2) is 24.4. The van der Waals surface area contributed by atoms with Crippen LogP contribution in [0.1, 0.15) is 136 Å². The highest BCUT2D eigenvalue weighted by molar-refractivity contribution is 5.79. The summed E-state index contributed by atoms with van der Waals surface area (Å²) in [4.78, 5) is 36.9. The molecule has 6 atom stereocenters. The molecule has 1 rings (SSSR count). The zero-order chi connectivity index (χ0) is 32.7. The zero-order valence-corrected chi connectivity index (χ0v) is 27.7. The number of carbonyl (C=O) groups excluding carboxylic acids is 3. The van der Waals surface area contributed by atoms with E-state index in [1.165, 1.54) is 25.7 Å². The van der Waals surface area contributed by atoms with Crippen LogP contribution in [0.4, 0.5) is 0 Å². The Labute approximate surface area is 265 Å². The van der Waals surface area contributed by atoms with E-state index in [9.17, 15) is 34.8 Å². The van der Waals surface area contributed by atoms with Crippen molar-refractivity contribution in [2.24, 2.45) is 17.8 Å². The molecule has 0 aromatic heterocycles. The van der Waals surface area contributed by atoms with Gasteiger partial charge < -0.3 is 29.9 Å². The Morgan fingerprint density at radius 1 is 0.818 bits per heavy atom. The molecule has 0 amide bonds. The van der Waals surface area contributed by atoms with Crippen LogP contribution in [0.25, 0.3) is 0 Å². The van der Waals surface area contributed by atoms with Crippen molar-refractivity contribution in [1.82, 2.24) is 0 Å². The van der Waals surface area contributed by atoms with E-state index < -0.39 is 48.9 Å². The number of aliphatic hydroxyl groups excluding tert-OH is 4. The number of unbranched alkanes of at least 4 members (excludes halogenated alkanes) is 8. The van der Waals surface area contributed by atoms with Gasteiger partial charge in [-0.2, -0.15) is 0 Å². The summed E-state index contributed by atoms with van der Waals surface area (Å²) in [5.41, 5.74) is 0. The second-order valence-corrected chi connectivity index (χ2v) is 13.0. The van der Waals surface area contributed by atoms with Gasteiger partial charge in [-0.05, 0) is 31.6 Å². The fourth-order valence-corrected chi connectivity index (χ4v) is 5.73. The number of rotatable bonds is 26. The van der Waals surface area contributed by atoms with Crippen molar-refractivity contribution in [2.75, 3.05) is 13.2 Å². The van der Waals surface area contributed by atoms with Gasteiger partial charge in [0.25, 0.3) is 0 Å². The zero-order valence-electron chi connectivity index (χ0n) is 27.7. The molecule has 0 aliphatic heterocycles. The number of ketones is 1. The first-order chi connectivity index (χ1) is 21.1. The van der Waals surface area contributed by atoms with E-state index in [4.69, 9.17) is 9.47 Å². The van der Waals surface area contributed by atoms with Crippen LogP contribution in [-0.2, 0) is 23.9 Å². The van der Waals surface area contributed by atoms with Crippen LogP contribution in [0.2, 0.25) is 0 Å². The molecule has 0 spiro atoms. The predicted molar refractivity (Wildman–Crippen MR) is 171 cm³/mol. The molecular weight excluding hydrogens is 564 g/mol. The van der Waals surface area contributed by atoms with E-state index in [1.54, 1.807) is 12.2 Å². The van der Waals surface area contributed by atoms with Crippen LogP contribution in [0.3, 0.4) is 0 Å². The molecule has 0 heterocycles. The Hall–Kier alpha value is -1.81. The Bertz CT molecular complexity index is 812. The van der Waals surface area contributed by atoms with Gasteiger partial charge in [-0.3, -0.25) is 14.4 Å². The highest BCUT2D eigenvalue weighted by atomic mass is 16.6. The molecule has 0 radical (unpaired) electrons. The van der Waals surface area contributed by atoms with E-state index in [0.717, 1.165) is 44.4 Å². The first-order valence-corrected chi connectivity index (χ1v) is 17.3. The van der Waals surface area contributed by atoms with Crippen molar-refractivity contribution in [2.45, 2.75) is 161 Å². The molecule has 0 aromatic rings. The number of hydrogen-bond acceptors (Lipinski definition) is 9. The topological polar surface area (TPSA) is 151 Å². The molecule has 1 aliphatic rings. The molecule has 1 aliphatic carbocycles. The minimum atomic E-state index is -0.892. The van der Waals surface area contributed by atoms with Crippen molar-refractivity contribution >= 4 is 17.7 Å². The maximum atomic E-state index is 12.6. The average Bonchev–Trinajstić information content (AvgIpc) is 3.24. The summed E-state index contributed by atoms with van der Waals surface area (Å²) in [5, 5.41) is 40.5. The number of Topliss-reactive ketones (excluding diaryl/α,β-unsaturated/α-hetero) is 1. The lowest BCUT2D eigenvalue weighted by molar-refractivity contribution is -0.161. The van der Waals surface area contributed by atoms with Gasteiger partial charge in [0.1, 0.15) is 12.4 Å². The lowest BCUT2D eigenvalue weighted by Crippen LogP contribution is -2.28. The number of carbonyl (C=O) groups is 3. The van der Waals surface area contributed by atoms with E-state index in [2.05, 4.69) is 20.8 Å². The van der Waals surface area contributed by atoms with Crippen molar-refractivity contribution in [1.29, 1.82) is 0 Å². The summed E-state index contributed by atoms with van der Waals surface area (Å²) in [5.74, 6) is -0.984. The third-order valence-corrected chi connectivity index (χ3v) is 8.47. The van der Waals surface area contributed by atoms with Crippen molar-refractivity contribution < 1.29 is 44.3 Å². The van der Waals surface area contributed by atoms with Crippen LogP contribution in [0.15, 0.2) is 12.2 Å². The predicted octanol–water partition coefficient (Wildman–Crippen LogP) is 5.59. The maximum absolute atomic E-state index is 12.6. The molecule has 4 N–H and O–H groups in total. The molecule has 44 heavy (non-hydrogen) atoms. The van der Waals surface area contributed by atoms with Gasteiger partial charge >= 0.3 is 11.9 Å². The average molecular weight is 627 g/mol. The van der Waals surface area contributed by atoms with E-state index in [-0.39, 0.29) is 50.4 Å². The fourth-order valence-electron chi connectivity index (χ4n) is 5.73. The Morgan fingerprint density at radius 2 is 1.43 bits per heavy atom. The summed E-state index contributed by atoms with van der Waals surface area (Å²) < 4.78 is 10.4. The first kappa shape index (κ1) is 40.2. The third kappa shape index (κ3) is 18.9. The van der Waals surface area contributed by atoms with Gasteiger partial charge in [-0.15, -0.1) is 0 Å². The van der Waals surface area contributed by atoms with Gasteiger partial charge in [0.2, 0.25) is 0 Å². The number of ether oxygens (including phenoxy) is 2. The molecular formula is C35H62O9. The van der Waals surface area contributed by atoms with Gasteiger partial charge in [0.05, 0.1) is 24.9 Å². The smallest absolute Gasteiger partial charge is 0.306 e. The summed E-state index contributed by atoms with van der Waals surface area (Å²) in [6.45, 7) is 5.92. The van der Waals surface area contributed by atoms with Crippen LogP contribution in [0.5, 0.6) is 0 Å². The Kier molecular flexibility index (Phi) is 22.3. The first-order valence-electron chi connectivity index (χ1n) is 17.3. The summed E-state index contributed by atoms with van der Waals surface area (Å²) in [6, 6.07) is 0. The standard InChI is InChI=1S/C35H62O9/c1-4-5-10-16-27(37)20-21-30-31(33(40)23-32(30)39)22-28(38)17-13-14-18-34(41)43-25-29(24-36)44-35(42)19-12-9-7-6-8-11-15-26(2)3/h20-21,26-27,29-33,36-37,39-40H,4-19,22-25H2,1-3H3/b21-20+/t27-,29-,30+,31+,32+,33-/m0/s1. The van der Waals surface area contributed by atoms with Crippen LogP contribution >= 0.6 is 0 Å². The summed E-state index contributed by atoms with van der Waals surface area (Å²) in [6.07, 6.45) is 13.6. The number of aliphatic hydroxyl groups is 4. The number of hydrogen-bond donors (Lipinski definition) is 4. The molecule has 9 heteroatoms. The lowest BCUT2D eigenvalue weighted by atomic mass is 9.87. The summed E-state index contributed by atoms with van der Waals surface area (Å²) in [7, 11) is 0. The molecule has 0 bridgehead atoms. The second-order valence-electron chi connectivity index (χ2n) is 13.0. The normalized spacial score (nSPS) is 21.5. The molecule has 1 saturated carbocycles.